The number of nitro groups is 1. The van der Waals surface area contributed by atoms with Gasteiger partial charge in [0.05, 0.1) is 23.8 Å². The largest absolute Gasteiger partial charge is 0.494 e. The first kappa shape index (κ1) is 21.6. The molecule has 0 aromatic heterocycles. The number of benzene rings is 1. The van der Waals surface area contributed by atoms with Crippen molar-refractivity contribution in [3.8, 4) is 5.75 Å². The lowest BCUT2D eigenvalue weighted by atomic mass is 10.1. The molecule has 0 saturated carbocycles. The zero-order valence-electron chi connectivity index (χ0n) is 15.9. The van der Waals surface area contributed by atoms with Crippen LogP contribution in [0.2, 0.25) is 0 Å². The van der Waals surface area contributed by atoms with Crippen LogP contribution in [-0.2, 0) is 4.74 Å². The van der Waals surface area contributed by atoms with Crippen LogP contribution in [0.4, 0.5) is 29.3 Å². The topological polar surface area (TPSA) is 85.2 Å². The summed E-state index contributed by atoms with van der Waals surface area (Å²) in [7, 11) is 1.28. The maximum atomic E-state index is 13.6. The Morgan fingerprint density at radius 2 is 1.89 bits per heavy atom. The van der Waals surface area contributed by atoms with Gasteiger partial charge in [0.2, 0.25) is 0 Å². The van der Waals surface area contributed by atoms with Gasteiger partial charge in [-0.05, 0) is 26.8 Å². The average molecular weight is 405 g/mol. The molecular weight excluding hydrogens is 383 g/mol. The fourth-order valence-electron chi connectivity index (χ4n) is 2.86. The van der Waals surface area contributed by atoms with Gasteiger partial charge in [0.25, 0.3) is 5.69 Å². The molecule has 28 heavy (non-hydrogen) atoms. The highest BCUT2D eigenvalue weighted by Gasteiger charge is 2.49. The molecule has 1 aromatic rings. The van der Waals surface area contributed by atoms with Gasteiger partial charge in [0, 0.05) is 25.7 Å². The number of carbonyl (C=O) groups is 1. The predicted molar refractivity (Wildman–Crippen MR) is 94.6 cm³/mol. The summed E-state index contributed by atoms with van der Waals surface area (Å²) in [5.74, 6) is 0.0841. The summed E-state index contributed by atoms with van der Waals surface area (Å²) < 4.78 is 51.1. The Balaban J connectivity index is 2.30. The molecule has 1 aliphatic rings. The van der Waals surface area contributed by atoms with E-state index in [0.29, 0.717) is 4.90 Å². The number of piperazine rings is 1. The molecule has 1 heterocycles. The number of amides is 1. The lowest BCUT2D eigenvalue weighted by molar-refractivity contribution is -0.384. The van der Waals surface area contributed by atoms with Crippen LogP contribution in [0.3, 0.4) is 0 Å². The van der Waals surface area contributed by atoms with Gasteiger partial charge >= 0.3 is 12.3 Å². The maximum Gasteiger partial charge on any atom is 0.410 e. The van der Waals surface area contributed by atoms with Crippen molar-refractivity contribution in [3.05, 3.63) is 28.3 Å². The van der Waals surface area contributed by atoms with E-state index in [2.05, 4.69) is 0 Å². The molecule has 8 nitrogen and oxygen atoms in total. The van der Waals surface area contributed by atoms with Crippen molar-refractivity contribution in [2.24, 2.45) is 0 Å². The number of hydrogen-bond donors (Lipinski definition) is 0. The lowest BCUT2D eigenvalue weighted by Gasteiger charge is -2.43. The number of halogens is 3. The summed E-state index contributed by atoms with van der Waals surface area (Å²) in [6.07, 6.45) is -5.71. The molecule has 1 aromatic carbocycles. The summed E-state index contributed by atoms with van der Waals surface area (Å²) in [4.78, 5) is 24.6. The number of nitrogens with zero attached hydrogens (tertiary/aromatic N) is 3. The highest BCUT2D eigenvalue weighted by molar-refractivity contribution is 5.70. The molecule has 0 N–H and O–H groups in total. The molecule has 2 rings (SSSR count). The second-order valence-corrected chi connectivity index (χ2v) is 7.29. The third-order valence-corrected chi connectivity index (χ3v) is 4.10. The number of non-ortho nitro benzene ring substituents is 1. The molecule has 1 amide bonds. The summed E-state index contributed by atoms with van der Waals surface area (Å²) in [6.45, 7) is 4.04. The van der Waals surface area contributed by atoms with Gasteiger partial charge in [-0.2, -0.15) is 13.2 Å². The van der Waals surface area contributed by atoms with Crippen molar-refractivity contribution in [2.45, 2.75) is 38.6 Å². The number of carbonyl (C=O) groups excluding carboxylic acids is 1. The van der Waals surface area contributed by atoms with E-state index in [1.54, 1.807) is 20.8 Å². The Kier molecular flexibility index (Phi) is 5.95. The van der Waals surface area contributed by atoms with Gasteiger partial charge in [0.1, 0.15) is 17.4 Å². The van der Waals surface area contributed by atoms with Gasteiger partial charge in [-0.3, -0.25) is 15.0 Å². The molecule has 1 fully saturated rings. The summed E-state index contributed by atoms with van der Waals surface area (Å²) in [6, 6.07) is 1.60. The molecule has 0 aliphatic carbocycles. The molecule has 0 radical (unpaired) electrons. The van der Waals surface area contributed by atoms with Crippen LogP contribution < -0.4 is 9.64 Å². The molecule has 1 unspecified atom stereocenters. The second-order valence-electron chi connectivity index (χ2n) is 7.29. The molecular formula is C17H22F3N3O5. The van der Waals surface area contributed by atoms with Crippen LogP contribution in [-0.4, -0.2) is 60.5 Å². The minimum atomic E-state index is -4.68. The fraction of sp³-hybridized carbons (Fsp3) is 0.588. The average Bonchev–Trinajstić information content (AvgIpc) is 2.58. The second kappa shape index (κ2) is 7.72. The van der Waals surface area contributed by atoms with E-state index in [0.717, 1.165) is 6.07 Å². The molecule has 1 saturated heterocycles. The molecule has 1 aliphatic heterocycles. The van der Waals surface area contributed by atoms with Crippen molar-refractivity contribution in [3.63, 3.8) is 0 Å². The van der Waals surface area contributed by atoms with E-state index in [-0.39, 0.29) is 30.2 Å². The SMILES string of the molecule is COc1cc([N+](=O)[O-])ccc1N1CCN(C(=O)OC(C)(C)C)C(C(F)(F)F)C1. The first-order valence-corrected chi connectivity index (χ1v) is 8.47. The lowest BCUT2D eigenvalue weighted by Crippen LogP contribution is -2.61. The highest BCUT2D eigenvalue weighted by atomic mass is 19.4. The van der Waals surface area contributed by atoms with Crippen molar-refractivity contribution in [1.82, 2.24) is 4.90 Å². The first-order chi connectivity index (χ1) is 12.8. The van der Waals surface area contributed by atoms with Gasteiger partial charge in [0.15, 0.2) is 0 Å². The summed E-state index contributed by atoms with van der Waals surface area (Å²) in [5.41, 5.74) is -0.877. The predicted octanol–water partition coefficient (Wildman–Crippen LogP) is 3.59. The number of nitro benzene ring substituents is 1. The standard InChI is InChI=1S/C17H22F3N3O5/c1-16(2,3)28-15(24)22-8-7-21(10-14(22)17(18,19)20)12-6-5-11(23(25)26)9-13(12)27-4/h5-6,9,14H,7-8,10H2,1-4H3. The van der Waals surface area contributed by atoms with Crippen LogP contribution in [0.5, 0.6) is 5.75 Å². The third kappa shape index (κ3) is 4.96. The fourth-order valence-corrected chi connectivity index (χ4v) is 2.86. The molecule has 1 atom stereocenters. The van der Waals surface area contributed by atoms with Gasteiger partial charge in [-0.1, -0.05) is 0 Å². The Bertz CT molecular complexity index is 749. The van der Waals surface area contributed by atoms with Crippen LogP contribution in [0, 0.1) is 10.1 Å². The maximum absolute atomic E-state index is 13.6. The van der Waals surface area contributed by atoms with E-state index in [4.69, 9.17) is 9.47 Å². The van der Waals surface area contributed by atoms with Crippen LogP contribution in [0.1, 0.15) is 20.8 Å². The molecule has 0 bridgehead atoms. The van der Waals surface area contributed by atoms with Crippen molar-refractivity contribution in [1.29, 1.82) is 0 Å². The number of hydrogen-bond acceptors (Lipinski definition) is 6. The van der Waals surface area contributed by atoms with E-state index in [1.807, 2.05) is 0 Å². The van der Waals surface area contributed by atoms with Crippen molar-refractivity contribution in [2.75, 3.05) is 31.6 Å². The van der Waals surface area contributed by atoms with Crippen molar-refractivity contribution < 1.29 is 32.4 Å². The summed E-state index contributed by atoms with van der Waals surface area (Å²) in [5, 5.41) is 10.9. The van der Waals surface area contributed by atoms with E-state index in [1.165, 1.54) is 24.1 Å². The van der Waals surface area contributed by atoms with Gasteiger partial charge in [-0.25, -0.2) is 4.79 Å². The Morgan fingerprint density at radius 1 is 1.25 bits per heavy atom. The normalized spacial score (nSPS) is 18.0. The number of ether oxygens (including phenoxy) is 2. The number of methoxy groups -OCH3 is 1. The van der Waals surface area contributed by atoms with Crippen LogP contribution in [0.15, 0.2) is 18.2 Å². The molecule has 156 valence electrons. The Labute approximate surface area is 159 Å². The quantitative estimate of drug-likeness (QED) is 0.564. The van der Waals surface area contributed by atoms with E-state index in [9.17, 15) is 28.1 Å². The minimum absolute atomic E-state index is 0.0833. The molecule has 0 spiro atoms. The van der Waals surface area contributed by atoms with E-state index >= 15 is 0 Å². The third-order valence-electron chi connectivity index (χ3n) is 4.10. The summed E-state index contributed by atoms with van der Waals surface area (Å²) >= 11 is 0. The molecule has 11 heteroatoms. The Morgan fingerprint density at radius 3 is 2.39 bits per heavy atom. The smallest absolute Gasteiger partial charge is 0.410 e. The van der Waals surface area contributed by atoms with Crippen molar-refractivity contribution >= 4 is 17.5 Å². The van der Waals surface area contributed by atoms with E-state index < -0.39 is 35.4 Å². The highest BCUT2D eigenvalue weighted by Crippen LogP contribution is 2.36. The van der Waals surface area contributed by atoms with Crippen LogP contribution in [0.25, 0.3) is 0 Å². The zero-order chi connectivity index (χ0) is 21.3. The number of rotatable bonds is 3. The number of alkyl halides is 3. The van der Waals surface area contributed by atoms with Crippen LogP contribution >= 0.6 is 0 Å². The zero-order valence-corrected chi connectivity index (χ0v) is 15.9. The Hall–Kier alpha value is -2.72. The monoisotopic (exact) mass is 405 g/mol. The van der Waals surface area contributed by atoms with Gasteiger partial charge in [-0.15, -0.1) is 0 Å². The minimum Gasteiger partial charge on any atom is -0.494 e. The number of anilines is 1. The first-order valence-electron chi connectivity index (χ1n) is 8.47. The van der Waals surface area contributed by atoms with Gasteiger partial charge < -0.3 is 14.4 Å².